The van der Waals surface area contributed by atoms with Gasteiger partial charge in [0.25, 0.3) is 0 Å². The van der Waals surface area contributed by atoms with Gasteiger partial charge in [-0.3, -0.25) is 4.68 Å². The Kier molecular flexibility index (Phi) is 6.01. The van der Waals surface area contributed by atoms with E-state index >= 15 is 0 Å². The van der Waals surface area contributed by atoms with Crippen molar-refractivity contribution in [3.8, 4) is 11.5 Å². The predicted molar refractivity (Wildman–Crippen MR) is 83.6 cm³/mol. The molecular formula is C14H19BrN4O2. The summed E-state index contributed by atoms with van der Waals surface area (Å²) in [5.41, 5.74) is 1.14. The van der Waals surface area contributed by atoms with Crippen LogP contribution in [0.4, 0.5) is 0 Å². The van der Waals surface area contributed by atoms with Gasteiger partial charge in [-0.05, 0) is 46.6 Å². The molecule has 0 radical (unpaired) electrons. The lowest BCUT2D eigenvalue weighted by atomic mass is 10.2. The van der Waals surface area contributed by atoms with Crippen LogP contribution in [0.5, 0.6) is 11.5 Å². The first-order chi connectivity index (χ1) is 10.2. The fourth-order valence-corrected chi connectivity index (χ4v) is 2.68. The third kappa shape index (κ3) is 4.44. The molecule has 0 aliphatic rings. The van der Waals surface area contributed by atoms with Crippen LogP contribution in [-0.4, -0.2) is 35.8 Å². The van der Waals surface area contributed by atoms with Crippen LogP contribution in [0.15, 0.2) is 29.0 Å². The van der Waals surface area contributed by atoms with E-state index < -0.39 is 0 Å². The van der Waals surface area contributed by atoms with Crippen molar-refractivity contribution in [2.75, 3.05) is 20.8 Å². The first-order valence-corrected chi connectivity index (χ1v) is 7.49. The first kappa shape index (κ1) is 15.8. The Hall–Kier alpha value is -1.60. The molecule has 6 nitrogen and oxygen atoms in total. The van der Waals surface area contributed by atoms with E-state index in [0.29, 0.717) is 5.75 Å². The molecule has 21 heavy (non-hydrogen) atoms. The second-order valence-electron chi connectivity index (χ2n) is 4.51. The minimum absolute atomic E-state index is 0.715. The van der Waals surface area contributed by atoms with Gasteiger partial charge >= 0.3 is 0 Å². The molecule has 2 rings (SSSR count). The maximum Gasteiger partial charge on any atom is 0.174 e. The Balaban J connectivity index is 1.81. The fraction of sp³-hybridized carbons (Fsp3) is 0.429. The minimum Gasteiger partial charge on any atom is -0.493 e. The number of nitrogens with one attached hydrogen (secondary N) is 1. The summed E-state index contributed by atoms with van der Waals surface area (Å²) in [5, 5.41) is 11.1. The van der Waals surface area contributed by atoms with Gasteiger partial charge in [0.05, 0.1) is 24.9 Å². The number of halogens is 1. The highest BCUT2D eigenvalue weighted by Crippen LogP contribution is 2.36. The van der Waals surface area contributed by atoms with Gasteiger partial charge in [-0.2, -0.15) is 0 Å². The van der Waals surface area contributed by atoms with Crippen LogP contribution in [0.3, 0.4) is 0 Å². The average Bonchev–Trinajstić information content (AvgIpc) is 2.99. The van der Waals surface area contributed by atoms with Crippen molar-refractivity contribution < 1.29 is 9.47 Å². The van der Waals surface area contributed by atoms with Crippen molar-refractivity contribution in [1.29, 1.82) is 0 Å². The largest absolute Gasteiger partial charge is 0.493 e. The lowest BCUT2D eigenvalue weighted by Crippen LogP contribution is -2.16. The van der Waals surface area contributed by atoms with E-state index in [4.69, 9.17) is 9.47 Å². The molecule has 2 aromatic rings. The Morgan fingerprint density at radius 2 is 2.14 bits per heavy atom. The van der Waals surface area contributed by atoms with Gasteiger partial charge in [0.1, 0.15) is 0 Å². The molecule has 0 aliphatic carbocycles. The molecule has 7 heteroatoms. The number of aryl methyl sites for hydroxylation is 1. The molecule has 1 heterocycles. The number of rotatable bonds is 8. The van der Waals surface area contributed by atoms with Gasteiger partial charge in [0, 0.05) is 19.3 Å². The zero-order chi connectivity index (χ0) is 15.1. The van der Waals surface area contributed by atoms with Crippen LogP contribution in [0.1, 0.15) is 12.0 Å². The summed E-state index contributed by atoms with van der Waals surface area (Å²) in [7, 11) is 3.27. The van der Waals surface area contributed by atoms with E-state index in [1.165, 1.54) is 0 Å². The molecule has 0 atom stereocenters. The van der Waals surface area contributed by atoms with E-state index in [1.807, 2.05) is 23.0 Å². The highest BCUT2D eigenvalue weighted by atomic mass is 79.9. The Morgan fingerprint density at radius 3 is 2.81 bits per heavy atom. The van der Waals surface area contributed by atoms with Crippen LogP contribution in [-0.2, 0) is 13.1 Å². The molecule has 1 aromatic carbocycles. The third-order valence-electron chi connectivity index (χ3n) is 3.04. The highest BCUT2D eigenvalue weighted by molar-refractivity contribution is 9.10. The maximum absolute atomic E-state index is 5.33. The third-order valence-corrected chi connectivity index (χ3v) is 3.62. The van der Waals surface area contributed by atoms with Crippen molar-refractivity contribution in [1.82, 2.24) is 20.3 Å². The number of ether oxygens (including phenoxy) is 2. The molecule has 0 saturated heterocycles. The normalized spacial score (nSPS) is 10.6. The summed E-state index contributed by atoms with van der Waals surface area (Å²) in [6.07, 6.45) is 4.55. The van der Waals surface area contributed by atoms with E-state index in [0.717, 1.165) is 41.8 Å². The van der Waals surface area contributed by atoms with Gasteiger partial charge in [-0.1, -0.05) is 5.21 Å². The van der Waals surface area contributed by atoms with Gasteiger partial charge in [0.15, 0.2) is 11.5 Å². The van der Waals surface area contributed by atoms with Crippen molar-refractivity contribution in [2.24, 2.45) is 0 Å². The zero-order valence-electron chi connectivity index (χ0n) is 12.2. The predicted octanol–water partition coefficient (Wildman–Crippen LogP) is 2.24. The second-order valence-corrected chi connectivity index (χ2v) is 5.36. The summed E-state index contributed by atoms with van der Waals surface area (Å²) in [6.45, 7) is 2.55. The smallest absolute Gasteiger partial charge is 0.174 e. The standard InChI is InChI=1S/C14H19BrN4O2/c1-20-13-9-11(8-12(15)14(13)21-2)10-16-4-3-6-19-7-5-17-18-19/h5,7-9,16H,3-4,6,10H2,1-2H3. The van der Waals surface area contributed by atoms with Gasteiger partial charge in [-0.15, -0.1) is 5.10 Å². The summed E-state index contributed by atoms with van der Waals surface area (Å²) >= 11 is 3.50. The number of methoxy groups -OCH3 is 2. The number of hydrogen-bond acceptors (Lipinski definition) is 5. The first-order valence-electron chi connectivity index (χ1n) is 6.70. The van der Waals surface area contributed by atoms with Gasteiger partial charge in [0.2, 0.25) is 0 Å². The molecule has 0 fully saturated rings. The number of benzene rings is 1. The lowest BCUT2D eigenvalue weighted by Gasteiger charge is -2.12. The lowest BCUT2D eigenvalue weighted by molar-refractivity contribution is 0.352. The van der Waals surface area contributed by atoms with E-state index in [9.17, 15) is 0 Å². The van der Waals surface area contributed by atoms with Crippen LogP contribution >= 0.6 is 15.9 Å². The molecule has 0 unspecified atom stereocenters. The summed E-state index contributed by atoms with van der Waals surface area (Å²) < 4.78 is 13.4. The van der Waals surface area contributed by atoms with E-state index in [1.54, 1.807) is 20.4 Å². The van der Waals surface area contributed by atoms with Crippen LogP contribution in [0.2, 0.25) is 0 Å². The fourth-order valence-electron chi connectivity index (χ4n) is 2.02. The quantitative estimate of drug-likeness (QED) is 0.736. The van der Waals surface area contributed by atoms with Crippen LogP contribution < -0.4 is 14.8 Å². The van der Waals surface area contributed by atoms with E-state index in [-0.39, 0.29) is 0 Å². The molecule has 0 aliphatic heterocycles. The highest BCUT2D eigenvalue weighted by Gasteiger charge is 2.10. The molecule has 0 saturated carbocycles. The van der Waals surface area contributed by atoms with Gasteiger partial charge in [-0.25, -0.2) is 0 Å². The van der Waals surface area contributed by atoms with Crippen molar-refractivity contribution in [2.45, 2.75) is 19.5 Å². The molecular weight excluding hydrogens is 336 g/mol. The average molecular weight is 355 g/mol. The van der Waals surface area contributed by atoms with Crippen LogP contribution in [0.25, 0.3) is 0 Å². The Morgan fingerprint density at radius 1 is 1.29 bits per heavy atom. The SMILES string of the molecule is COc1cc(CNCCCn2ccnn2)cc(Br)c1OC. The number of hydrogen-bond donors (Lipinski definition) is 1. The number of nitrogens with zero attached hydrogens (tertiary/aromatic N) is 3. The molecule has 0 bridgehead atoms. The Bertz CT molecular complexity index is 560. The van der Waals surface area contributed by atoms with Crippen molar-refractivity contribution in [3.63, 3.8) is 0 Å². The molecule has 1 aromatic heterocycles. The molecule has 0 amide bonds. The topological polar surface area (TPSA) is 61.2 Å². The van der Waals surface area contributed by atoms with Crippen LogP contribution in [0, 0.1) is 0 Å². The van der Waals surface area contributed by atoms with Crippen molar-refractivity contribution >= 4 is 15.9 Å². The zero-order valence-corrected chi connectivity index (χ0v) is 13.8. The maximum atomic E-state index is 5.33. The minimum atomic E-state index is 0.715. The second kappa shape index (κ2) is 7.99. The molecule has 1 N–H and O–H groups in total. The molecule has 114 valence electrons. The summed E-state index contributed by atoms with van der Waals surface area (Å²) in [6, 6.07) is 4.01. The van der Waals surface area contributed by atoms with Crippen molar-refractivity contribution in [3.05, 3.63) is 34.6 Å². The number of aromatic nitrogens is 3. The summed E-state index contributed by atoms with van der Waals surface area (Å²) in [5.74, 6) is 1.44. The monoisotopic (exact) mass is 354 g/mol. The van der Waals surface area contributed by atoms with Gasteiger partial charge < -0.3 is 14.8 Å². The molecule has 0 spiro atoms. The van der Waals surface area contributed by atoms with E-state index in [2.05, 4.69) is 31.6 Å². The Labute approximate surface area is 132 Å². The summed E-state index contributed by atoms with van der Waals surface area (Å²) in [4.78, 5) is 0.